The van der Waals surface area contributed by atoms with Crippen molar-refractivity contribution < 1.29 is 4.74 Å². The average Bonchev–Trinajstić information content (AvgIpc) is 3.48. The van der Waals surface area contributed by atoms with Crippen molar-refractivity contribution in [2.45, 2.75) is 46.6 Å². The molecule has 10 heteroatoms. The second kappa shape index (κ2) is 8.03. The first-order chi connectivity index (χ1) is 16.8. The van der Waals surface area contributed by atoms with Gasteiger partial charge in [0.2, 0.25) is 0 Å². The second-order valence-corrected chi connectivity index (χ2v) is 11.6. The maximum absolute atomic E-state index is 5.57. The summed E-state index contributed by atoms with van der Waals surface area (Å²) in [6, 6.07) is 2.62. The van der Waals surface area contributed by atoms with Gasteiger partial charge in [0, 0.05) is 55.0 Å². The zero-order valence-corrected chi connectivity index (χ0v) is 22.0. The minimum absolute atomic E-state index is 0.258. The van der Waals surface area contributed by atoms with E-state index < -0.39 is 0 Å². The number of aromatic amines is 1. The van der Waals surface area contributed by atoms with Gasteiger partial charge >= 0.3 is 0 Å². The largest absolute Gasteiger partial charge is 0.493 e. The van der Waals surface area contributed by atoms with Crippen LogP contribution in [-0.2, 0) is 0 Å². The Morgan fingerprint density at radius 3 is 2.60 bits per heavy atom. The molecule has 35 heavy (non-hydrogen) atoms. The number of methoxy groups -OCH3 is 1. The van der Waals surface area contributed by atoms with Crippen molar-refractivity contribution in [2.75, 3.05) is 38.2 Å². The molecule has 2 fully saturated rings. The molecule has 4 aromatic heterocycles. The normalized spacial score (nSPS) is 17.5. The van der Waals surface area contributed by atoms with Crippen molar-refractivity contribution in [1.82, 2.24) is 34.7 Å². The zero-order valence-electron chi connectivity index (χ0n) is 21.2. The summed E-state index contributed by atoms with van der Waals surface area (Å²) in [5.41, 5.74) is 6.24. The number of nitrogens with one attached hydrogen (secondary N) is 1. The van der Waals surface area contributed by atoms with Crippen LogP contribution in [0.1, 0.15) is 44.9 Å². The van der Waals surface area contributed by atoms with E-state index in [0.717, 1.165) is 46.3 Å². The van der Waals surface area contributed by atoms with Crippen LogP contribution < -0.4 is 9.64 Å². The van der Waals surface area contributed by atoms with Crippen molar-refractivity contribution in [3.05, 3.63) is 29.8 Å². The number of pyridine rings is 1. The fourth-order valence-corrected chi connectivity index (χ4v) is 6.62. The number of hydrogen-bond donors (Lipinski definition) is 1. The van der Waals surface area contributed by atoms with E-state index in [1.54, 1.807) is 23.0 Å². The van der Waals surface area contributed by atoms with Gasteiger partial charge in [0.15, 0.2) is 11.4 Å². The summed E-state index contributed by atoms with van der Waals surface area (Å²) in [7, 11) is 1.65. The van der Waals surface area contributed by atoms with Crippen LogP contribution in [0, 0.1) is 12.3 Å². The second-order valence-electron chi connectivity index (χ2n) is 10.6. The first-order valence-electron chi connectivity index (χ1n) is 12.2. The summed E-state index contributed by atoms with van der Waals surface area (Å²) in [6.07, 6.45) is 3.48. The number of rotatable bonds is 6. The molecule has 184 valence electrons. The van der Waals surface area contributed by atoms with Crippen LogP contribution in [0.5, 0.6) is 5.75 Å². The number of anilines is 1. The molecule has 0 aromatic carbocycles. The predicted octanol–water partition coefficient (Wildman–Crippen LogP) is 4.21. The van der Waals surface area contributed by atoms with Gasteiger partial charge in [0.1, 0.15) is 16.3 Å². The van der Waals surface area contributed by atoms with E-state index >= 15 is 0 Å². The maximum atomic E-state index is 5.57. The van der Waals surface area contributed by atoms with E-state index in [9.17, 15) is 0 Å². The molecule has 1 N–H and O–H groups in total. The quantitative estimate of drug-likeness (QED) is 0.431. The molecule has 0 bridgehead atoms. The molecular formula is C25H32N8OS. The molecule has 9 nitrogen and oxygen atoms in total. The number of ether oxygens (including phenoxy) is 1. The van der Waals surface area contributed by atoms with Crippen LogP contribution in [-0.4, -0.2) is 74.0 Å². The first-order valence-corrected chi connectivity index (χ1v) is 13.0. The van der Waals surface area contributed by atoms with E-state index in [2.05, 4.69) is 59.6 Å². The number of fused-ring (bicyclic) bond motifs is 1. The lowest BCUT2D eigenvalue weighted by Gasteiger charge is -2.61. The summed E-state index contributed by atoms with van der Waals surface area (Å²) in [6.45, 7) is 15.8. The number of hydrogen-bond acceptors (Lipinski definition) is 8. The lowest BCUT2D eigenvalue weighted by Crippen LogP contribution is -2.73. The van der Waals surface area contributed by atoms with Gasteiger partial charge in [-0.3, -0.25) is 10.00 Å². The Morgan fingerprint density at radius 1 is 1.14 bits per heavy atom. The van der Waals surface area contributed by atoms with Gasteiger partial charge in [-0.05, 0) is 32.8 Å². The van der Waals surface area contributed by atoms with Crippen LogP contribution in [0.4, 0.5) is 5.00 Å². The molecule has 2 saturated heterocycles. The molecule has 2 aliphatic rings. The number of likely N-dealkylation sites (tertiary alicyclic amines) is 1. The molecule has 4 aromatic rings. The Bertz CT molecular complexity index is 1390. The number of nitrogens with zero attached hydrogens (tertiary/aromatic N) is 7. The summed E-state index contributed by atoms with van der Waals surface area (Å²) in [5, 5.41) is 14.6. The highest BCUT2D eigenvalue weighted by molar-refractivity contribution is 7.19. The van der Waals surface area contributed by atoms with Crippen molar-refractivity contribution in [2.24, 2.45) is 5.41 Å². The Labute approximate surface area is 209 Å². The van der Waals surface area contributed by atoms with Crippen LogP contribution in [0.15, 0.2) is 18.6 Å². The molecule has 0 unspecified atom stereocenters. The Morgan fingerprint density at radius 2 is 1.91 bits per heavy atom. The summed E-state index contributed by atoms with van der Waals surface area (Å²) in [4.78, 5) is 14.3. The van der Waals surface area contributed by atoms with Crippen molar-refractivity contribution in [3.8, 4) is 27.7 Å². The molecular weight excluding hydrogens is 460 g/mol. The van der Waals surface area contributed by atoms with E-state index in [1.165, 1.54) is 24.4 Å². The average molecular weight is 493 g/mol. The van der Waals surface area contributed by atoms with Gasteiger partial charge in [-0.15, -0.1) is 0 Å². The third-order valence-electron chi connectivity index (χ3n) is 7.35. The van der Waals surface area contributed by atoms with Gasteiger partial charge in [-0.1, -0.05) is 25.2 Å². The minimum atomic E-state index is 0.258. The first kappa shape index (κ1) is 22.5. The van der Waals surface area contributed by atoms with Crippen LogP contribution >= 0.6 is 11.3 Å². The van der Waals surface area contributed by atoms with Crippen molar-refractivity contribution in [3.63, 3.8) is 0 Å². The van der Waals surface area contributed by atoms with Gasteiger partial charge in [-0.2, -0.15) is 10.2 Å². The monoisotopic (exact) mass is 492 g/mol. The summed E-state index contributed by atoms with van der Waals surface area (Å²) in [5.74, 6) is 0.929. The number of aromatic nitrogens is 6. The van der Waals surface area contributed by atoms with Gasteiger partial charge in [0.05, 0.1) is 24.2 Å². The molecule has 2 aliphatic heterocycles. The maximum Gasteiger partial charge on any atom is 0.197 e. The molecule has 1 spiro atoms. The highest BCUT2D eigenvalue weighted by atomic mass is 32.1. The van der Waals surface area contributed by atoms with E-state index in [4.69, 9.17) is 14.8 Å². The molecule has 0 amide bonds. The Balaban J connectivity index is 1.31. The molecule has 0 atom stereocenters. The van der Waals surface area contributed by atoms with E-state index in [-0.39, 0.29) is 5.92 Å². The topological polar surface area (TPSA) is 87.5 Å². The van der Waals surface area contributed by atoms with Gasteiger partial charge in [-0.25, -0.2) is 14.5 Å². The van der Waals surface area contributed by atoms with Gasteiger partial charge < -0.3 is 9.64 Å². The highest BCUT2D eigenvalue weighted by Gasteiger charge is 2.52. The van der Waals surface area contributed by atoms with Gasteiger partial charge in [0.25, 0.3) is 0 Å². The molecule has 6 heterocycles. The molecule has 0 saturated carbocycles. The molecule has 6 rings (SSSR count). The SMILES string of the molecule is COc1cc(-c2n[nH]c(-c3nc(C)c(N4CC5(C4)CN(C(C)C)C5)s3)c2C(C)C)cn2ncnc12. The standard InChI is InChI=1S/C25H32N8OS/c1-14(2)19-20(17-7-18(34-6)22-26-13-27-33(22)8-17)29-30-21(19)23-28-16(5)24(35-23)32-11-25(12-32)9-31(10-25)15(3)4/h7-8,13-15H,9-12H2,1-6H3,(H,29,30). The summed E-state index contributed by atoms with van der Waals surface area (Å²) >= 11 is 1.77. The van der Waals surface area contributed by atoms with Crippen molar-refractivity contribution >= 4 is 22.0 Å². The number of H-pyrrole nitrogens is 1. The summed E-state index contributed by atoms with van der Waals surface area (Å²) < 4.78 is 7.31. The van der Waals surface area contributed by atoms with Crippen molar-refractivity contribution in [1.29, 1.82) is 0 Å². The zero-order chi connectivity index (χ0) is 24.5. The lowest BCUT2D eigenvalue weighted by atomic mass is 9.72. The Kier molecular flexibility index (Phi) is 5.16. The van der Waals surface area contributed by atoms with Crippen LogP contribution in [0.3, 0.4) is 0 Å². The Hall–Kier alpha value is -2.98. The number of aryl methyl sites for hydroxylation is 1. The predicted molar refractivity (Wildman–Crippen MR) is 138 cm³/mol. The lowest BCUT2D eigenvalue weighted by molar-refractivity contribution is -0.0409. The van der Waals surface area contributed by atoms with E-state index in [0.29, 0.717) is 22.9 Å². The van der Waals surface area contributed by atoms with E-state index in [1.807, 2.05) is 12.3 Å². The smallest absolute Gasteiger partial charge is 0.197 e. The third-order valence-corrected chi connectivity index (χ3v) is 8.58. The molecule has 0 radical (unpaired) electrons. The van der Waals surface area contributed by atoms with Crippen LogP contribution in [0.2, 0.25) is 0 Å². The highest BCUT2D eigenvalue weighted by Crippen LogP contribution is 2.47. The minimum Gasteiger partial charge on any atom is -0.493 e. The third kappa shape index (κ3) is 3.53. The molecule has 0 aliphatic carbocycles. The fourth-order valence-electron chi connectivity index (χ4n) is 5.55. The number of thiazole rings is 1. The van der Waals surface area contributed by atoms with Crippen LogP contribution in [0.25, 0.3) is 27.6 Å². The fraction of sp³-hybridized carbons (Fsp3) is 0.520.